The predicted molar refractivity (Wildman–Crippen MR) is 71.5 cm³/mol. The molecule has 1 saturated carbocycles. The number of rotatable bonds is 2. The Morgan fingerprint density at radius 2 is 1.89 bits per heavy atom. The predicted octanol–water partition coefficient (Wildman–Crippen LogP) is 2.43. The van der Waals surface area contributed by atoms with Gasteiger partial charge in [-0.25, -0.2) is 0 Å². The number of hydrogen-bond donors (Lipinski definition) is 3. The molecule has 0 aromatic heterocycles. The van der Waals surface area contributed by atoms with Crippen LogP contribution in [0.5, 0.6) is 5.75 Å². The van der Waals surface area contributed by atoms with Gasteiger partial charge in [0.1, 0.15) is 0 Å². The Hall–Kier alpha value is -1.71. The lowest BCUT2D eigenvalue weighted by atomic mass is 10.1. The molecule has 4 heteroatoms. The zero-order chi connectivity index (χ0) is 13.0. The van der Waals surface area contributed by atoms with Crippen molar-refractivity contribution in [3.8, 4) is 5.75 Å². The first-order valence-corrected chi connectivity index (χ1v) is 6.57. The van der Waals surface area contributed by atoms with Crippen LogP contribution in [0, 0.1) is 0 Å². The molecule has 0 spiro atoms. The fraction of sp³-hybridized carbons (Fsp3) is 0.500. The van der Waals surface area contributed by atoms with E-state index >= 15 is 0 Å². The van der Waals surface area contributed by atoms with Gasteiger partial charge >= 0.3 is 0 Å². The number of aromatic hydroxyl groups is 1. The minimum atomic E-state index is -0.230. The average Bonchev–Trinajstić information content (AvgIpc) is 2.61. The third kappa shape index (κ3) is 2.94. The summed E-state index contributed by atoms with van der Waals surface area (Å²) in [5, 5.41) is 12.8. The molecule has 0 bridgehead atoms. The Bertz CT molecular complexity index is 424. The molecule has 1 aliphatic rings. The Morgan fingerprint density at radius 1 is 1.22 bits per heavy atom. The first-order valence-electron chi connectivity index (χ1n) is 6.57. The molecule has 1 fully saturated rings. The summed E-state index contributed by atoms with van der Waals surface area (Å²) in [7, 11) is 0. The number of anilines is 1. The summed E-state index contributed by atoms with van der Waals surface area (Å²) in [6, 6.07) is 5.08. The Kier molecular flexibility index (Phi) is 4.07. The SMILES string of the molecule is Nc1cccc(C(=O)NC2CCCCCC2)c1O. The molecule has 98 valence electrons. The van der Waals surface area contributed by atoms with Gasteiger partial charge in [-0.3, -0.25) is 4.79 Å². The second-order valence-electron chi connectivity index (χ2n) is 4.91. The van der Waals surface area contributed by atoms with Crippen LogP contribution < -0.4 is 11.1 Å². The van der Waals surface area contributed by atoms with Gasteiger partial charge in [-0.15, -0.1) is 0 Å². The van der Waals surface area contributed by atoms with Gasteiger partial charge in [0.25, 0.3) is 5.91 Å². The minimum Gasteiger partial charge on any atom is -0.505 e. The normalized spacial score (nSPS) is 17.1. The molecule has 0 unspecified atom stereocenters. The molecule has 1 amide bonds. The van der Waals surface area contributed by atoms with E-state index < -0.39 is 0 Å². The summed E-state index contributed by atoms with van der Waals surface area (Å²) < 4.78 is 0. The highest BCUT2D eigenvalue weighted by Crippen LogP contribution is 2.25. The van der Waals surface area contributed by atoms with Crippen LogP contribution in [0.2, 0.25) is 0 Å². The number of phenols is 1. The summed E-state index contributed by atoms with van der Waals surface area (Å²) in [6.07, 6.45) is 6.86. The number of nitrogens with two attached hydrogens (primary N) is 1. The molecule has 0 heterocycles. The maximum Gasteiger partial charge on any atom is 0.255 e. The van der Waals surface area contributed by atoms with E-state index in [-0.39, 0.29) is 28.9 Å². The first kappa shape index (κ1) is 12.7. The fourth-order valence-corrected chi connectivity index (χ4v) is 2.43. The highest BCUT2D eigenvalue weighted by atomic mass is 16.3. The largest absolute Gasteiger partial charge is 0.505 e. The summed E-state index contributed by atoms with van der Waals surface area (Å²) >= 11 is 0. The van der Waals surface area contributed by atoms with Crippen molar-refractivity contribution in [1.29, 1.82) is 0 Å². The van der Waals surface area contributed by atoms with E-state index in [2.05, 4.69) is 5.32 Å². The number of para-hydroxylation sites is 1. The zero-order valence-electron chi connectivity index (χ0n) is 10.5. The minimum absolute atomic E-state index is 0.122. The quantitative estimate of drug-likeness (QED) is 0.427. The van der Waals surface area contributed by atoms with Gasteiger partial charge < -0.3 is 16.2 Å². The molecule has 4 N–H and O–H groups in total. The topological polar surface area (TPSA) is 75.4 Å². The molecule has 0 saturated heterocycles. The summed E-state index contributed by atoms with van der Waals surface area (Å²) in [4.78, 5) is 12.1. The third-order valence-corrected chi connectivity index (χ3v) is 3.50. The molecule has 0 atom stereocenters. The van der Waals surface area contributed by atoms with Crippen molar-refractivity contribution in [1.82, 2.24) is 5.32 Å². The second-order valence-corrected chi connectivity index (χ2v) is 4.91. The smallest absolute Gasteiger partial charge is 0.255 e. The van der Waals surface area contributed by atoms with Gasteiger partial charge in [0.05, 0.1) is 11.3 Å². The van der Waals surface area contributed by atoms with Gasteiger partial charge in [0, 0.05) is 6.04 Å². The maximum atomic E-state index is 12.1. The van der Waals surface area contributed by atoms with E-state index in [1.807, 2.05) is 0 Å². The highest BCUT2D eigenvalue weighted by Gasteiger charge is 2.18. The van der Waals surface area contributed by atoms with Crippen LogP contribution in [0.1, 0.15) is 48.9 Å². The standard InChI is InChI=1S/C14H20N2O2/c15-12-9-5-8-11(13(12)17)14(18)16-10-6-3-1-2-4-7-10/h5,8-10,17H,1-4,6-7,15H2,(H,16,18). The van der Waals surface area contributed by atoms with Crippen LogP contribution in [0.15, 0.2) is 18.2 Å². The Balaban J connectivity index is 2.04. The van der Waals surface area contributed by atoms with Crippen LogP contribution in [0.3, 0.4) is 0 Å². The second kappa shape index (κ2) is 5.76. The highest BCUT2D eigenvalue weighted by molar-refractivity contribution is 5.98. The average molecular weight is 248 g/mol. The zero-order valence-corrected chi connectivity index (χ0v) is 10.5. The lowest BCUT2D eigenvalue weighted by Gasteiger charge is -2.16. The van der Waals surface area contributed by atoms with Crippen molar-refractivity contribution < 1.29 is 9.90 Å². The van der Waals surface area contributed by atoms with Crippen molar-refractivity contribution in [2.24, 2.45) is 0 Å². The molecule has 0 radical (unpaired) electrons. The maximum absolute atomic E-state index is 12.1. The Labute approximate surface area is 107 Å². The van der Waals surface area contributed by atoms with E-state index in [1.54, 1.807) is 18.2 Å². The molecule has 18 heavy (non-hydrogen) atoms. The number of benzene rings is 1. The van der Waals surface area contributed by atoms with E-state index in [1.165, 1.54) is 12.8 Å². The number of nitrogens with one attached hydrogen (secondary N) is 1. The van der Waals surface area contributed by atoms with Gasteiger partial charge in [0.15, 0.2) is 5.75 Å². The van der Waals surface area contributed by atoms with Crippen LogP contribution >= 0.6 is 0 Å². The number of phenolic OH excluding ortho intramolecular Hbond substituents is 1. The Morgan fingerprint density at radius 3 is 2.56 bits per heavy atom. The van der Waals surface area contributed by atoms with E-state index in [0.29, 0.717) is 0 Å². The molecule has 0 aliphatic heterocycles. The van der Waals surface area contributed by atoms with Crippen molar-refractivity contribution in [2.45, 2.75) is 44.6 Å². The fourth-order valence-electron chi connectivity index (χ4n) is 2.43. The first-order chi connectivity index (χ1) is 8.68. The van der Waals surface area contributed by atoms with Crippen molar-refractivity contribution in [3.05, 3.63) is 23.8 Å². The monoisotopic (exact) mass is 248 g/mol. The molecular formula is C14H20N2O2. The number of hydrogen-bond acceptors (Lipinski definition) is 3. The van der Waals surface area contributed by atoms with E-state index in [0.717, 1.165) is 25.7 Å². The van der Waals surface area contributed by atoms with Gasteiger partial charge in [-0.1, -0.05) is 31.7 Å². The van der Waals surface area contributed by atoms with Gasteiger partial charge in [0.2, 0.25) is 0 Å². The summed E-state index contributed by atoms with van der Waals surface area (Å²) in [5.74, 6) is -0.352. The molecule has 1 aliphatic carbocycles. The van der Waals surface area contributed by atoms with Crippen molar-refractivity contribution in [3.63, 3.8) is 0 Å². The van der Waals surface area contributed by atoms with Crippen molar-refractivity contribution in [2.75, 3.05) is 5.73 Å². The van der Waals surface area contributed by atoms with Crippen LogP contribution in [-0.4, -0.2) is 17.1 Å². The third-order valence-electron chi connectivity index (χ3n) is 3.50. The lowest BCUT2D eigenvalue weighted by Crippen LogP contribution is -2.34. The number of nitrogen functional groups attached to an aromatic ring is 1. The van der Waals surface area contributed by atoms with Gasteiger partial charge in [-0.2, -0.15) is 0 Å². The van der Waals surface area contributed by atoms with Crippen molar-refractivity contribution >= 4 is 11.6 Å². The molecule has 4 nitrogen and oxygen atoms in total. The number of carbonyl (C=O) groups excluding carboxylic acids is 1. The summed E-state index contributed by atoms with van der Waals surface area (Å²) in [6.45, 7) is 0. The van der Waals surface area contributed by atoms with Crippen LogP contribution in [0.4, 0.5) is 5.69 Å². The molecule has 1 aromatic carbocycles. The number of amides is 1. The lowest BCUT2D eigenvalue weighted by molar-refractivity contribution is 0.0931. The van der Waals surface area contributed by atoms with E-state index in [9.17, 15) is 9.90 Å². The molecular weight excluding hydrogens is 228 g/mol. The van der Waals surface area contributed by atoms with Gasteiger partial charge in [-0.05, 0) is 25.0 Å². The molecule has 1 aromatic rings. The molecule has 2 rings (SSSR count). The van der Waals surface area contributed by atoms with E-state index in [4.69, 9.17) is 5.73 Å². The van der Waals surface area contributed by atoms with Crippen LogP contribution in [0.25, 0.3) is 0 Å². The summed E-state index contributed by atoms with van der Waals surface area (Å²) in [5.41, 5.74) is 6.09. The number of carbonyl (C=O) groups is 1. The van der Waals surface area contributed by atoms with Crippen LogP contribution in [-0.2, 0) is 0 Å².